The molecule has 1 rings (SSSR count). The van der Waals surface area contributed by atoms with Gasteiger partial charge in [0.05, 0.1) is 0 Å². The maximum atomic E-state index is 12.0. The Morgan fingerprint density at radius 3 is 2.33 bits per heavy atom. The van der Waals surface area contributed by atoms with Crippen LogP contribution in [0.1, 0.15) is 5.69 Å². The Kier molecular flexibility index (Phi) is 1.99. The zero-order valence-electron chi connectivity index (χ0n) is 6.61. The highest BCUT2D eigenvalue weighted by Crippen LogP contribution is 2.29. The van der Waals surface area contributed by atoms with Crippen LogP contribution < -0.4 is 5.32 Å². The molecular formula is C6H8F3N3. The monoisotopic (exact) mass is 179 g/mol. The van der Waals surface area contributed by atoms with Gasteiger partial charge in [0, 0.05) is 20.2 Å². The van der Waals surface area contributed by atoms with Gasteiger partial charge in [-0.2, -0.15) is 18.3 Å². The molecule has 0 spiro atoms. The van der Waals surface area contributed by atoms with Crippen molar-refractivity contribution < 1.29 is 13.2 Å². The molecule has 6 heteroatoms. The van der Waals surface area contributed by atoms with Gasteiger partial charge in [-0.25, -0.2) is 0 Å². The Hall–Kier alpha value is -1.20. The van der Waals surface area contributed by atoms with E-state index in [1.54, 1.807) is 0 Å². The van der Waals surface area contributed by atoms with E-state index in [2.05, 4.69) is 10.4 Å². The molecule has 0 radical (unpaired) electrons. The van der Waals surface area contributed by atoms with E-state index in [-0.39, 0.29) is 0 Å². The molecule has 68 valence electrons. The molecule has 1 aromatic rings. The molecule has 12 heavy (non-hydrogen) atoms. The lowest BCUT2D eigenvalue weighted by Crippen LogP contribution is -2.06. The molecule has 0 fully saturated rings. The summed E-state index contributed by atoms with van der Waals surface area (Å²) in [4.78, 5) is 0. The number of aromatic nitrogens is 2. The lowest BCUT2D eigenvalue weighted by atomic mass is 10.4. The van der Waals surface area contributed by atoms with E-state index >= 15 is 0 Å². The molecule has 0 unspecified atom stereocenters. The summed E-state index contributed by atoms with van der Waals surface area (Å²) in [7, 11) is 2.98. The summed E-state index contributed by atoms with van der Waals surface area (Å²) < 4.78 is 37.2. The molecule has 0 aliphatic carbocycles. The van der Waals surface area contributed by atoms with E-state index in [1.807, 2.05) is 0 Å². The lowest BCUT2D eigenvalue weighted by molar-refractivity contribution is -0.141. The summed E-state index contributed by atoms with van der Waals surface area (Å²) in [5.74, 6) is 0.335. The number of aryl methyl sites for hydroxylation is 1. The molecule has 0 atom stereocenters. The highest BCUT2D eigenvalue weighted by atomic mass is 19.4. The van der Waals surface area contributed by atoms with Gasteiger partial charge in [0.2, 0.25) is 0 Å². The van der Waals surface area contributed by atoms with Crippen molar-refractivity contribution >= 4 is 5.82 Å². The van der Waals surface area contributed by atoms with Crippen molar-refractivity contribution in [1.82, 2.24) is 9.78 Å². The molecule has 0 saturated heterocycles. The van der Waals surface area contributed by atoms with Crippen LogP contribution in [0, 0.1) is 0 Å². The van der Waals surface area contributed by atoms with Crippen LogP contribution in [0.3, 0.4) is 0 Å². The number of nitrogens with one attached hydrogen (secondary N) is 1. The first-order valence-corrected chi connectivity index (χ1v) is 3.24. The third-order valence-electron chi connectivity index (χ3n) is 1.43. The number of halogens is 3. The summed E-state index contributed by atoms with van der Waals surface area (Å²) in [6.45, 7) is 0. The van der Waals surface area contributed by atoms with Crippen molar-refractivity contribution in [1.29, 1.82) is 0 Å². The summed E-state index contributed by atoms with van der Waals surface area (Å²) in [5.41, 5.74) is -0.880. The van der Waals surface area contributed by atoms with Gasteiger partial charge in [0.25, 0.3) is 0 Å². The third-order valence-corrected chi connectivity index (χ3v) is 1.43. The van der Waals surface area contributed by atoms with Gasteiger partial charge in [0.15, 0.2) is 5.69 Å². The van der Waals surface area contributed by atoms with E-state index in [0.29, 0.717) is 5.82 Å². The molecule has 0 aromatic carbocycles. The predicted octanol–water partition coefficient (Wildman–Crippen LogP) is 1.48. The molecule has 0 amide bonds. The van der Waals surface area contributed by atoms with Crippen LogP contribution in [0.2, 0.25) is 0 Å². The quantitative estimate of drug-likeness (QED) is 0.707. The van der Waals surface area contributed by atoms with Gasteiger partial charge in [-0.05, 0) is 0 Å². The van der Waals surface area contributed by atoms with Crippen LogP contribution in [0.15, 0.2) is 6.07 Å². The van der Waals surface area contributed by atoms with E-state index in [1.165, 1.54) is 14.1 Å². The van der Waals surface area contributed by atoms with E-state index in [4.69, 9.17) is 0 Å². The molecule has 1 heterocycles. The van der Waals surface area contributed by atoms with Crippen LogP contribution in [0.4, 0.5) is 19.0 Å². The Morgan fingerprint density at radius 2 is 2.08 bits per heavy atom. The normalized spacial score (nSPS) is 11.8. The third kappa shape index (κ3) is 1.51. The van der Waals surface area contributed by atoms with E-state index in [9.17, 15) is 13.2 Å². The number of anilines is 1. The van der Waals surface area contributed by atoms with Crippen LogP contribution in [0.25, 0.3) is 0 Å². The van der Waals surface area contributed by atoms with E-state index < -0.39 is 11.9 Å². The predicted molar refractivity (Wildman–Crippen MR) is 37.8 cm³/mol. The molecule has 0 aliphatic rings. The Bertz CT molecular complexity index is 276. The number of rotatable bonds is 1. The van der Waals surface area contributed by atoms with Gasteiger partial charge in [-0.3, -0.25) is 4.68 Å². The first-order chi connectivity index (χ1) is 5.45. The van der Waals surface area contributed by atoms with Crippen molar-refractivity contribution in [2.75, 3.05) is 12.4 Å². The van der Waals surface area contributed by atoms with Crippen molar-refractivity contribution in [2.45, 2.75) is 6.18 Å². The second kappa shape index (κ2) is 2.69. The molecule has 1 N–H and O–H groups in total. The number of alkyl halides is 3. The smallest absolute Gasteiger partial charge is 0.373 e. The maximum absolute atomic E-state index is 12.0. The highest BCUT2D eigenvalue weighted by molar-refractivity contribution is 5.36. The summed E-state index contributed by atoms with van der Waals surface area (Å²) in [6.07, 6.45) is -4.37. The van der Waals surface area contributed by atoms with Crippen LogP contribution in [-0.2, 0) is 13.2 Å². The molecule has 0 bridgehead atoms. The highest BCUT2D eigenvalue weighted by Gasteiger charge is 2.34. The van der Waals surface area contributed by atoms with Gasteiger partial charge in [0.1, 0.15) is 5.82 Å². The maximum Gasteiger partial charge on any atom is 0.435 e. The molecule has 3 nitrogen and oxygen atoms in total. The van der Waals surface area contributed by atoms with Gasteiger partial charge >= 0.3 is 6.18 Å². The largest absolute Gasteiger partial charge is 0.435 e. The topological polar surface area (TPSA) is 29.9 Å². The molecule has 1 aromatic heterocycles. The summed E-state index contributed by atoms with van der Waals surface area (Å²) >= 11 is 0. The zero-order chi connectivity index (χ0) is 9.35. The minimum atomic E-state index is -4.37. The SMILES string of the molecule is CNc1cc(C(F)(F)F)nn1C. The summed E-state index contributed by atoms with van der Waals surface area (Å²) in [6, 6.07) is 0.958. The van der Waals surface area contributed by atoms with Crippen LogP contribution >= 0.6 is 0 Å². The Labute approximate surface area is 67.2 Å². The minimum absolute atomic E-state index is 0.335. The molecular weight excluding hydrogens is 171 g/mol. The summed E-state index contributed by atoms with van der Waals surface area (Å²) in [5, 5.41) is 5.87. The second-order valence-corrected chi connectivity index (χ2v) is 2.29. The standard InChI is InChI=1S/C6H8F3N3/c1-10-5-3-4(6(7,8)9)11-12(5)2/h3,10H,1-2H3. The van der Waals surface area contributed by atoms with Gasteiger partial charge in [-0.1, -0.05) is 0 Å². The fraction of sp³-hybridized carbons (Fsp3) is 0.500. The number of hydrogen-bond acceptors (Lipinski definition) is 2. The Balaban J connectivity index is 3.05. The van der Waals surface area contributed by atoms with Crippen molar-refractivity contribution in [3.63, 3.8) is 0 Å². The fourth-order valence-electron chi connectivity index (χ4n) is 0.840. The number of hydrogen-bond donors (Lipinski definition) is 1. The first kappa shape index (κ1) is 8.89. The zero-order valence-corrected chi connectivity index (χ0v) is 6.61. The molecule has 0 aliphatic heterocycles. The second-order valence-electron chi connectivity index (χ2n) is 2.29. The lowest BCUT2D eigenvalue weighted by Gasteiger charge is -1.98. The van der Waals surface area contributed by atoms with Crippen LogP contribution in [0.5, 0.6) is 0 Å². The van der Waals surface area contributed by atoms with Gasteiger partial charge < -0.3 is 5.32 Å². The average Bonchev–Trinajstić information content (AvgIpc) is 2.29. The van der Waals surface area contributed by atoms with Crippen molar-refractivity contribution in [3.8, 4) is 0 Å². The van der Waals surface area contributed by atoms with Crippen molar-refractivity contribution in [3.05, 3.63) is 11.8 Å². The van der Waals surface area contributed by atoms with Crippen LogP contribution in [-0.4, -0.2) is 16.8 Å². The average molecular weight is 179 g/mol. The van der Waals surface area contributed by atoms with Crippen molar-refractivity contribution in [2.24, 2.45) is 7.05 Å². The molecule has 0 saturated carbocycles. The Morgan fingerprint density at radius 1 is 1.50 bits per heavy atom. The number of nitrogens with zero attached hydrogens (tertiary/aromatic N) is 2. The van der Waals surface area contributed by atoms with Gasteiger partial charge in [-0.15, -0.1) is 0 Å². The fourth-order valence-corrected chi connectivity index (χ4v) is 0.840. The van der Waals surface area contributed by atoms with E-state index in [0.717, 1.165) is 10.7 Å². The first-order valence-electron chi connectivity index (χ1n) is 3.24. The minimum Gasteiger partial charge on any atom is -0.373 e.